The lowest BCUT2D eigenvalue weighted by Crippen LogP contribution is -1.97. The molecule has 0 aliphatic rings. The molecule has 0 aliphatic heterocycles. The molecule has 22 heavy (non-hydrogen) atoms. The van der Waals surface area contributed by atoms with Crippen LogP contribution in [0.3, 0.4) is 0 Å². The third kappa shape index (κ3) is 7.47. The minimum Gasteiger partial charge on any atom is -0.0654 e. The van der Waals surface area contributed by atoms with E-state index in [1.165, 1.54) is 75.3 Å². The van der Waals surface area contributed by atoms with Crippen LogP contribution in [0.1, 0.15) is 115 Å². The molecule has 0 fully saturated rings. The molecule has 0 N–H and O–H groups in total. The van der Waals surface area contributed by atoms with Gasteiger partial charge in [-0.2, -0.15) is 0 Å². The van der Waals surface area contributed by atoms with E-state index in [9.17, 15) is 0 Å². The zero-order valence-electron chi connectivity index (χ0n) is 15.5. The molecule has 2 atom stereocenters. The largest absolute Gasteiger partial charge is 0.0654 e. The van der Waals surface area contributed by atoms with Crippen LogP contribution in [-0.4, -0.2) is 0 Å². The summed E-state index contributed by atoms with van der Waals surface area (Å²) >= 11 is 0. The Morgan fingerprint density at radius 2 is 0.955 bits per heavy atom. The minimum atomic E-state index is 0.714. The van der Waals surface area contributed by atoms with Gasteiger partial charge in [-0.1, -0.05) is 103 Å². The summed E-state index contributed by atoms with van der Waals surface area (Å²) in [7, 11) is 0. The molecule has 0 radical (unpaired) electrons. The van der Waals surface area contributed by atoms with E-state index in [2.05, 4.69) is 52.0 Å². The highest BCUT2D eigenvalue weighted by Gasteiger charge is 2.08. The zero-order valence-corrected chi connectivity index (χ0v) is 15.5. The van der Waals surface area contributed by atoms with E-state index in [1.54, 1.807) is 0 Å². The molecule has 0 aliphatic carbocycles. The van der Waals surface area contributed by atoms with E-state index in [0.29, 0.717) is 11.8 Å². The van der Waals surface area contributed by atoms with Gasteiger partial charge in [0.25, 0.3) is 0 Å². The Kier molecular flexibility index (Phi) is 10.3. The Bertz CT molecular complexity index is 325. The number of rotatable bonds is 12. The van der Waals surface area contributed by atoms with E-state index in [-0.39, 0.29) is 0 Å². The van der Waals surface area contributed by atoms with Crippen LogP contribution in [0.15, 0.2) is 24.3 Å². The third-order valence-corrected chi connectivity index (χ3v) is 5.06. The highest BCUT2D eigenvalue weighted by atomic mass is 14.1. The normalized spacial score (nSPS) is 14.0. The van der Waals surface area contributed by atoms with Crippen molar-refractivity contribution in [2.24, 2.45) is 0 Å². The molecule has 0 nitrogen and oxygen atoms in total. The van der Waals surface area contributed by atoms with Gasteiger partial charge in [0.15, 0.2) is 0 Å². The molecule has 0 spiro atoms. The molecule has 0 aromatic heterocycles. The van der Waals surface area contributed by atoms with Gasteiger partial charge in [-0.3, -0.25) is 0 Å². The van der Waals surface area contributed by atoms with Crippen molar-refractivity contribution in [1.29, 1.82) is 0 Å². The predicted molar refractivity (Wildman–Crippen MR) is 101 cm³/mol. The summed E-state index contributed by atoms with van der Waals surface area (Å²) in [5.74, 6) is 1.43. The SMILES string of the molecule is CCCCCCC(C)c1ccc(C(C)CCCCCC)cc1. The maximum atomic E-state index is 2.38. The van der Waals surface area contributed by atoms with E-state index < -0.39 is 0 Å². The monoisotopic (exact) mass is 302 g/mol. The fourth-order valence-electron chi connectivity index (χ4n) is 3.24. The molecular formula is C22H38. The third-order valence-electron chi connectivity index (χ3n) is 5.06. The van der Waals surface area contributed by atoms with Crippen LogP contribution in [0.4, 0.5) is 0 Å². The first-order valence-corrected chi connectivity index (χ1v) is 9.78. The molecule has 0 heteroatoms. The summed E-state index contributed by atoms with van der Waals surface area (Å²) in [4.78, 5) is 0. The van der Waals surface area contributed by atoms with E-state index in [0.717, 1.165) is 0 Å². The van der Waals surface area contributed by atoms with Gasteiger partial charge in [0.1, 0.15) is 0 Å². The van der Waals surface area contributed by atoms with Gasteiger partial charge in [0.2, 0.25) is 0 Å². The molecule has 0 saturated heterocycles. The molecule has 1 aromatic carbocycles. The highest BCUT2D eigenvalue weighted by molar-refractivity contribution is 5.27. The van der Waals surface area contributed by atoms with E-state index in [4.69, 9.17) is 0 Å². The van der Waals surface area contributed by atoms with Crippen molar-refractivity contribution >= 4 is 0 Å². The fraction of sp³-hybridized carbons (Fsp3) is 0.727. The first-order valence-electron chi connectivity index (χ1n) is 9.78. The van der Waals surface area contributed by atoms with Crippen molar-refractivity contribution in [2.45, 2.75) is 104 Å². The van der Waals surface area contributed by atoms with Crippen LogP contribution in [0, 0.1) is 0 Å². The number of unbranched alkanes of at least 4 members (excludes halogenated alkanes) is 6. The van der Waals surface area contributed by atoms with Gasteiger partial charge in [0, 0.05) is 0 Å². The van der Waals surface area contributed by atoms with Gasteiger partial charge < -0.3 is 0 Å². The van der Waals surface area contributed by atoms with Crippen LogP contribution >= 0.6 is 0 Å². The second-order valence-electron chi connectivity index (χ2n) is 7.17. The van der Waals surface area contributed by atoms with Crippen LogP contribution < -0.4 is 0 Å². The molecule has 0 amide bonds. The highest BCUT2D eigenvalue weighted by Crippen LogP contribution is 2.26. The maximum absolute atomic E-state index is 2.38. The summed E-state index contributed by atoms with van der Waals surface area (Å²) in [6.45, 7) is 9.33. The average molecular weight is 303 g/mol. The molecule has 0 saturated carbocycles. The van der Waals surface area contributed by atoms with Crippen LogP contribution in [-0.2, 0) is 0 Å². The van der Waals surface area contributed by atoms with Gasteiger partial charge in [-0.05, 0) is 35.8 Å². The van der Waals surface area contributed by atoms with Crippen LogP contribution in [0.25, 0.3) is 0 Å². The standard InChI is InChI=1S/C22H38/c1-5-7-9-11-13-19(3)21-15-17-22(18-16-21)20(4)14-12-10-8-6-2/h15-20H,5-14H2,1-4H3. The molecule has 1 aromatic rings. The molecule has 0 heterocycles. The Morgan fingerprint density at radius 1 is 0.591 bits per heavy atom. The van der Waals surface area contributed by atoms with Crippen molar-refractivity contribution in [2.75, 3.05) is 0 Å². The molecule has 0 bridgehead atoms. The Morgan fingerprint density at radius 3 is 1.27 bits per heavy atom. The van der Waals surface area contributed by atoms with Crippen molar-refractivity contribution in [3.05, 3.63) is 35.4 Å². The average Bonchev–Trinajstić information content (AvgIpc) is 2.55. The fourth-order valence-corrected chi connectivity index (χ4v) is 3.24. The lowest BCUT2D eigenvalue weighted by Gasteiger charge is -2.15. The van der Waals surface area contributed by atoms with Gasteiger partial charge in [0.05, 0.1) is 0 Å². The lowest BCUT2D eigenvalue weighted by molar-refractivity contribution is 0.575. The Balaban J connectivity index is 2.37. The zero-order chi connectivity index (χ0) is 16.2. The van der Waals surface area contributed by atoms with Gasteiger partial charge in [-0.25, -0.2) is 0 Å². The van der Waals surface area contributed by atoms with Crippen molar-refractivity contribution in [3.8, 4) is 0 Å². The first kappa shape index (κ1) is 19.3. The smallest absolute Gasteiger partial charge is 0.0190 e. The summed E-state index contributed by atoms with van der Waals surface area (Å²) in [5.41, 5.74) is 3.05. The molecular weight excluding hydrogens is 264 g/mol. The molecule has 2 unspecified atom stereocenters. The van der Waals surface area contributed by atoms with Crippen molar-refractivity contribution in [3.63, 3.8) is 0 Å². The van der Waals surface area contributed by atoms with Crippen molar-refractivity contribution < 1.29 is 0 Å². The Hall–Kier alpha value is -0.780. The number of hydrogen-bond donors (Lipinski definition) is 0. The summed E-state index contributed by atoms with van der Waals surface area (Å²) in [6.07, 6.45) is 13.7. The maximum Gasteiger partial charge on any atom is -0.0190 e. The molecule has 1 rings (SSSR count). The molecule has 126 valence electrons. The Labute approximate surface area is 139 Å². The second kappa shape index (κ2) is 11.7. The van der Waals surface area contributed by atoms with E-state index in [1.807, 2.05) is 0 Å². The van der Waals surface area contributed by atoms with Gasteiger partial charge in [-0.15, -0.1) is 0 Å². The predicted octanol–water partition coefficient (Wildman–Crippen LogP) is 7.83. The number of hydrogen-bond acceptors (Lipinski definition) is 0. The summed E-state index contributed by atoms with van der Waals surface area (Å²) in [6, 6.07) is 9.51. The quantitative estimate of drug-likeness (QED) is 0.345. The number of benzene rings is 1. The lowest BCUT2D eigenvalue weighted by atomic mass is 9.90. The van der Waals surface area contributed by atoms with Crippen LogP contribution in [0.5, 0.6) is 0 Å². The topological polar surface area (TPSA) is 0 Å². The van der Waals surface area contributed by atoms with Crippen molar-refractivity contribution in [1.82, 2.24) is 0 Å². The van der Waals surface area contributed by atoms with Gasteiger partial charge >= 0.3 is 0 Å². The second-order valence-corrected chi connectivity index (χ2v) is 7.17. The minimum absolute atomic E-state index is 0.714. The first-order chi connectivity index (χ1) is 10.7. The summed E-state index contributed by atoms with van der Waals surface area (Å²) in [5, 5.41) is 0. The van der Waals surface area contributed by atoms with E-state index >= 15 is 0 Å². The van der Waals surface area contributed by atoms with Crippen LogP contribution in [0.2, 0.25) is 0 Å². The summed E-state index contributed by atoms with van der Waals surface area (Å²) < 4.78 is 0.